The zero-order valence-electron chi connectivity index (χ0n) is 2.02. The van der Waals surface area contributed by atoms with E-state index < -0.39 is 0 Å². The van der Waals surface area contributed by atoms with Crippen LogP contribution in [0.25, 0.3) is 0 Å². The number of hydrogen-bond donors (Lipinski definition) is 0. The van der Waals surface area contributed by atoms with Crippen LogP contribution in [-0.4, -0.2) is 6.15 Å². The standard InChI is InChI=1S/CO2.H3P/c2-1-3;/h;1H3. The summed E-state index contributed by atoms with van der Waals surface area (Å²) in [4.78, 5) is 16.2. The van der Waals surface area contributed by atoms with E-state index in [0.29, 0.717) is 0 Å². The molecule has 0 aromatic carbocycles. The fourth-order valence-electron chi connectivity index (χ4n) is 0. The Kier molecular flexibility index (Phi) is 32.2. The average Bonchev–Trinajstić information content (AvgIpc) is 0.918. The highest BCUT2D eigenvalue weighted by Gasteiger charge is 1.13. The Bertz CT molecular complexity index is 27.0. The third-order valence-corrected chi connectivity index (χ3v) is 0. The van der Waals surface area contributed by atoms with E-state index in [1.807, 2.05) is 0 Å². The van der Waals surface area contributed by atoms with Crippen LogP contribution < -0.4 is 0 Å². The molecule has 0 saturated heterocycles. The summed E-state index contributed by atoms with van der Waals surface area (Å²) in [6.07, 6.45) is 0.250. The first kappa shape index (κ1) is 9.18. The van der Waals surface area contributed by atoms with Crippen LogP contribution in [0.2, 0.25) is 0 Å². The van der Waals surface area contributed by atoms with Gasteiger partial charge in [0.2, 0.25) is 0 Å². The zero-order chi connectivity index (χ0) is 2.71. The second-order valence-electron chi connectivity index (χ2n) is 0.0833. The van der Waals surface area contributed by atoms with Gasteiger partial charge in [0.25, 0.3) is 0 Å². The Morgan fingerprint density at radius 1 is 1.25 bits per heavy atom. The van der Waals surface area contributed by atoms with Crippen LogP contribution in [-0.2, 0) is 9.59 Å². The average molecular weight is 78.0 g/mol. The minimum Gasteiger partial charge on any atom is -0.186 e. The molecule has 0 heterocycles. The van der Waals surface area contributed by atoms with Crippen LogP contribution in [0.3, 0.4) is 0 Å². The van der Waals surface area contributed by atoms with E-state index in [1.54, 1.807) is 0 Å². The molecular weight excluding hydrogens is 75.0 g/mol. The Hall–Kier alpha value is -0.190. The monoisotopic (exact) mass is 78.0 g/mol. The molecule has 0 saturated carbocycles. The molecule has 2 nitrogen and oxygen atoms in total. The minimum atomic E-state index is 0. The summed E-state index contributed by atoms with van der Waals surface area (Å²) in [7, 11) is 0. The maximum absolute atomic E-state index is 8.12. The second-order valence-corrected chi connectivity index (χ2v) is 0.0833. The van der Waals surface area contributed by atoms with E-state index in [2.05, 4.69) is 0 Å². The lowest BCUT2D eigenvalue weighted by atomic mass is 11.8. The first-order chi connectivity index (χ1) is 1.41. The molecule has 0 aliphatic heterocycles. The van der Waals surface area contributed by atoms with Crippen molar-refractivity contribution >= 4 is 16.1 Å². The third-order valence-electron chi connectivity index (χ3n) is 0. The fraction of sp³-hybridized carbons (Fsp3) is 0. The van der Waals surface area contributed by atoms with Crippen LogP contribution in [0.15, 0.2) is 0 Å². The lowest BCUT2D eigenvalue weighted by Gasteiger charge is -0.945. The second kappa shape index (κ2) is 14.0. The van der Waals surface area contributed by atoms with Gasteiger partial charge in [0.15, 0.2) is 0 Å². The summed E-state index contributed by atoms with van der Waals surface area (Å²) in [5, 5.41) is 0. The summed E-state index contributed by atoms with van der Waals surface area (Å²) in [5.74, 6) is 0. The van der Waals surface area contributed by atoms with Gasteiger partial charge in [-0.15, -0.1) is 0 Å². The highest BCUT2D eigenvalue weighted by atomic mass is 31.0. The predicted molar refractivity (Wildman–Crippen MR) is 16.1 cm³/mol. The zero-order valence-corrected chi connectivity index (χ0v) is 3.44. The molecule has 0 fully saturated rings. The van der Waals surface area contributed by atoms with Crippen LogP contribution in [0, 0.1) is 0 Å². The van der Waals surface area contributed by atoms with E-state index in [4.69, 9.17) is 9.59 Å². The van der Waals surface area contributed by atoms with Crippen molar-refractivity contribution in [1.29, 1.82) is 0 Å². The molecule has 0 aromatic heterocycles. The number of rotatable bonds is 0. The van der Waals surface area contributed by atoms with Crippen molar-refractivity contribution in [3.8, 4) is 0 Å². The minimum absolute atomic E-state index is 0. The molecule has 3 heteroatoms. The highest BCUT2D eigenvalue weighted by Crippen LogP contribution is 0.861. The van der Waals surface area contributed by atoms with Crippen molar-refractivity contribution < 1.29 is 9.59 Å². The molecule has 1 unspecified atom stereocenters. The van der Waals surface area contributed by atoms with Gasteiger partial charge in [0.1, 0.15) is 0 Å². The van der Waals surface area contributed by atoms with Crippen molar-refractivity contribution in [3.63, 3.8) is 0 Å². The molecule has 0 N–H and O–H groups in total. The largest absolute Gasteiger partial charge is 0.373 e. The van der Waals surface area contributed by atoms with Crippen molar-refractivity contribution in [2.24, 2.45) is 0 Å². The predicted octanol–water partition coefficient (Wildman–Crippen LogP) is -0.525. The Labute approximate surface area is 26.8 Å². The highest BCUT2D eigenvalue weighted by molar-refractivity contribution is 6.92. The maximum atomic E-state index is 8.12. The van der Waals surface area contributed by atoms with Crippen molar-refractivity contribution in [3.05, 3.63) is 0 Å². The van der Waals surface area contributed by atoms with Crippen LogP contribution >= 0.6 is 9.90 Å². The van der Waals surface area contributed by atoms with Gasteiger partial charge in [-0.25, -0.2) is 0 Å². The van der Waals surface area contributed by atoms with E-state index in [0.717, 1.165) is 0 Å². The van der Waals surface area contributed by atoms with E-state index >= 15 is 0 Å². The molecule has 0 rings (SSSR count). The molecule has 0 radical (unpaired) electrons. The molecule has 0 aliphatic rings. The van der Waals surface area contributed by atoms with Gasteiger partial charge in [-0.2, -0.15) is 19.5 Å². The topological polar surface area (TPSA) is 34.1 Å². The quantitative estimate of drug-likeness (QED) is 0.365. The maximum Gasteiger partial charge on any atom is 0.373 e. The van der Waals surface area contributed by atoms with E-state index in [9.17, 15) is 0 Å². The van der Waals surface area contributed by atoms with Crippen molar-refractivity contribution in [2.45, 2.75) is 0 Å². The summed E-state index contributed by atoms with van der Waals surface area (Å²) in [5.41, 5.74) is 0. The molecule has 0 bridgehead atoms. The van der Waals surface area contributed by atoms with Gasteiger partial charge in [-0.3, -0.25) is 0 Å². The van der Waals surface area contributed by atoms with Gasteiger partial charge in [0, 0.05) is 0 Å². The van der Waals surface area contributed by atoms with Crippen LogP contribution in [0.4, 0.5) is 0 Å². The van der Waals surface area contributed by atoms with Crippen molar-refractivity contribution in [2.75, 3.05) is 0 Å². The Morgan fingerprint density at radius 2 is 1.25 bits per heavy atom. The summed E-state index contributed by atoms with van der Waals surface area (Å²) in [6.45, 7) is 0. The summed E-state index contributed by atoms with van der Waals surface area (Å²) >= 11 is 0. The molecule has 0 spiro atoms. The molecule has 0 amide bonds. The number of hydrogen-bond acceptors (Lipinski definition) is 2. The summed E-state index contributed by atoms with van der Waals surface area (Å²) < 4.78 is 0. The molecule has 24 valence electrons. The lowest BCUT2D eigenvalue weighted by Crippen LogP contribution is -1.22. The molecule has 1 atom stereocenters. The summed E-state index contributed by atoms with van der Waals surface area (Å²) in [6, 6.07) is 0. The Balaban J connectivity index is 0. The Morgan fingerprint density at radius 3 is 1.25 bits per heavy atom. The van der Waals surface area contributed by atoms with E-state index in [-0.39, 0.29) is 16.1 Å². The normalized spacial score (nSPS) is 2.00. The fourth-order valence-corrected chi connectivity index (χ4v) is 0. The third kappa shape index (κ3) is 32.9. The smallest absolute Gasteiger partial charge is 0.186 e. The lowest BCUT2D eigenvalue weighted by molar-refractivity contribution is -0.191. The van der Waals surface area contributed by atoms with Gasteiger partial charge < -0.3 is 0 Å². The molecular formula is CH3O2P. The molecule has 0 aromatic rings. The first-order valence-electron chi connectivity index (χ1n) is 0.408. The number of carbonyl (C=O) groups excluding carboxylic acids is 2. The van der Waals surface area contributed by atoms with Gasteiger partial charge >= 0.3 is 6.15 Å². The SMILES string of the molecule is O=C=O.P. The van der Waals surface area contributed by atoms with Crippen LogP contribution in [0.1, 0.15) is 0 Å². The molecule has 4 heavy (non-hydrogen) atoms. The van der Waals surface area contributed by atoms with Gasteiger partial charge in [-0.05, 0) is 0 Å². The first-order valence-corrected chi connectivity index (χ1v) is 0.408. The van der Waals surface area contributed by atoms with Crippen molar-refractivity contribution in [1.82, 2.24) is 0 Å². The molecule has 0 aliphatic carbocycles. The van der Waals surface area contributed by atoms with Gasteiger partial charge in [0.05, 0.1) is 0 Å². The van der Waals surface area contributed by atoms with Crippen LogP contribution in [0.5, 0.6) is 0 Å². The van der Waals surface area contributed by atoms with Gasteiger partial charge in [-0.1, -0.05) is 0 Å². The van der Waals surface area contributed by atoms with E-state index in [1.165, 1.54) is 0 Å².